The first-order valence-electron chi connectivity index (χ1n) is 5.04. The van der Waals surface area contributed by atoms with Crippen LogP contribution in [0.25, 0.3) is 0 Å². The fourth-order valence-corrected chi connectivity index (χ4v) is 2.57. The van der Waals surface area contributed by atoms with Gasteiger partial charge in [-0.1, -0.05) is 15.9 Å². The van der Waals surface area contributed by atoms with Crippen LogP contribution < -0.4 is 0 Å². The third kappa shape index (κ3) is 2.32. The molecule has 0 amide bonds. The highest BCUT2D eigenvalue weighted by atomic mass is 79.9. The lowest BCUT2D eigenvalue weighted by Gasteiger charge is -2.09. The Kier molecular flexibility index (Phi) is 2.96. The predicted octanol–water partition coefficient (Wildman–Crippen LogP) is 3.98. The molecule has 15 heavy (non-hydrogen) atoms. The Labute approximate surface area is 98.7 Å². The van der Waals surface area contributed by atoms with Crippen LogP contribution >= 0.6 is 15.9 Å². The second-order valence-corrected chi connectivity index (χ2v) is 4.81. The Balaban J connectivity index is 2.36. The predicted molar refractivity (Wildman–Crippen MR) is 67.2 cm³/mol. The van der Waals surface area contributed by atoms with Crippen LogP contribution in [0.3, 0.4) is 0 Å². The van der Waals surface area contributed by atoms with Crippen LogP contribution in [0, 0.1) is 13.8 Å². The maximum absolute atomic E-state index is 3.52. The number of H-pyrrole nitrogens is 1. The average Bonchev–Trinajstić information content (AvgIpc) is 2.63. The van der Waals surface area contributed by atoms with Crippen molar-refractivity contribution in [3.8, 4) is 0 Å². The Morgan fingerprint density at radius 3 is 2.40 bits per heavy atom. The van der Waals surface area contributed by atoms with E-state index in [1.54, 1.807) is 0 Å². The molecule has 0 saturated carbocycles. The summed E-state index contributed by atoms with van der Waals surface area (Å²) in [4.78, 5) is 3.24. The second-order valence-electron chi connectivity index (χ2n) is 3.89. The van der Waals surface area contributed by atoms with Crippen LogP contribution in [0.1, 0.15) is 22.4 Å². The number of hydrogen-bond acceptors (Lipinski definition) is 0. The standard InChI is InChI=1S/C13H14BrN/c1-9-6-11(14)7-10(2)13(9)8-12-4-3-5-15-12/h3-7,15H,8H2,1-2H3. The molecule has 0 unspecified atom stereocenters. The van der Waals surface area contributed by atoms with E-state index in [-0.39, 0.29) is 0 Å². The van der Waals surface area contributed by atoms with Gasteiger partial charge in [0.1, 0.15) is 0 Å². The molecule has 78 valence electrons. The van der Waals surface area contributed by atoms with E-state index in [1.807, 2.05) is 12.3 Å². The quantitative estimate of drug-likeness (QED) is 0.844. The van der Waals surface area contributed by atoms with Crippen LogP contribution in [-0.2, 0) is 6.42 Å². The van der Waals surface area contributed by atoms with Crippen molar-refractivity contribution < 1.29 is 0 Å². The van der Waals surface area contributed by atoms with Gasteiger partial charge in [0.05, 0.1) is 0 Å². The summed E-state index contributed by atoms with van der Waals surface area (Å²) in [6.07, 6.45) is 2.96. The van der Waals surface area contributed by atoms with Crippen molar-refractivity contribution in [2.75, 3.05) is 0 Å². The van der Waals surface area contributed by atoms with Crippen molar-refractivity contribution in [1.82, 2.24) is 4.98 Å². The van der Waals surface area contributed by atoms with E-state index in [1.165, 1.54) is 22.4 Å². The molecule has 1 aromatic heterocycles. The summed E-state index contributed by atoms with van der Waals surface area (Å²) in [6.45, 7) is 4.33. The second kappa shape index (κ2) is 4.23. The normalized spacial score (nSPS) is 10.6. The molecule has 0 aliphatic carbocycles. The van der Waals surface area contributed by atoms with Crippen LogP contribution in [0.4, 0.5) is 0 Å². The molecule has 2 rings (SSSR count). The molecule has 0 radical (unpaired) electrons. The fraction of sp³-hybridized carbons (Fsp3) is 0.231. The number of hydrogen-bond donors (Lipinski definition) is 1. The molecule has 1 N–H and O–H groups in total. The Morgan fingerprint density at radius 2 is 1.87 bits per heavy atom. The lowest BCUT2D eigenvalue weighted by atomic mass is 9.99. The van der Waals surface area contributed by atoms with Gasteiger partial charge in [-0.3, -0.25) is 0 Å². The van der Waals surface area contributed by atoms with Gasteiger partial charge in [0.15, 0.2) is 0 Å². The minimum Gasteiger partial charge on any atom is -0.365 e. The van der Waals surface area contributed by atoms with Gasteiger partial charge in [0.25, 0.3) is 0 Å². The number of nitrogens with one attached hydrogen (secondary N) is 1. The zero-order valence-electron chi connectivity index (χ0n) is 8.97. The Morgan fingerprint density at radius 1 is 1.20 bits per heavy atom. The van der Waals surface area contributed by atoms with Gasteiger partial charge >= 0.3 is 0 Å². The summed E-state index contributed by atoms with van der Waals surface area (Å²) in [5, 5.41) is 0. The molecule has 0 spiro atoms. The highest BCUT2D eigenvalue weighted by Gasteiger charge is 2.05. The maximum atomic E-state index is 3.52. The molecule has 1 heterocycles. The van der Waals surface area contributed by atoms with E-state index >= 15 is 0 Å². The van der Waals surface area contributed by atoms with Crippen molar-refractivity contribution in [2.24, 2.45) is 0 Å². The first-order valence-corrected chi connectivity index (χ1v) is 5.84. The highest BCUT2D eigenvalue weighted by Crippen LogP contribution is 2.22. The van der Waals surface area contributed by atoms with Gasteiger partial charge in [-0.25, -0.2) is 0 Å². The molecule has 0 fully saturated rings. The summed E-state index contributed by atoms with van der Waals surface area (Å²) in [7, 11) is 0. The number of aryl methyl sites for hydroxylation is 2. The largest absolute Gasteiger partial charge is 0.365 e. The molecule has 0 atom stereocenters. The van der Waals surface area contributed by atoms with E-state index in [4.69, 9.17) is 0 Å². The lowest BCUT2D eigenvalue weighted by Crippen LogP contribution is -1.96. The molecule has 1 nitrogen and oxygen atoms in total. The molecule has 1 aromatic carbocycles. The van der Waals surface area contributed by atoms with Gasteiger partial charge < -0.3 is 4.98 Å². The molecule has 0 aliphatic heterocycles. The van der Waals surface area contributed by atoms with Crippen molar-refractivity contribution in [2.45, 2.75) is 20.3 Å². The number of aromatic amines is 1. The zero-order chi connectivity index (χ0) is 10.8. The summed E-state index contributed by atoms with van der Waals surface area (Å²) in [5.41, 5.74) is 5.37. The van der Waals surface area contributed by atoms with E-state index in [0.29, 0.717) is 0 Å². The molecular weight excluding hydrogens is 250 g/mol. The zero-order valence-corrected chi connectivity index (χ0v) is 10.6. The summed E-state index contributed by atoms with van der Waals surface area (Å²) in [5.74, 6) is 0. The smallest absolute Gasteiger partial charge is 0.0191 e. The first-order chi connectivity index (χ1) is 7.16. The van der Waals surface area contributed by atoms with Crippen molar-refractivity contribution in [3.63, 3.8) is 0 Å². The monoisotopic (exact) mass is 263 g/mol. The molecule has 0 bridgehead atoms. The van der Waals surface area contributed by atoms with Crippen LogP contribution in [-0.4, -0.2) is 4.98 Å². The number of rotatable bonds is 2. The van der Waals surface area contributed by atoms with Gasteiger partial charge in [-0.15, -0.1) is 0 Å². The molecule has 0 saturated heterocycles. The highest BCUT2D eigenvalue weighted by molar-refractivity contribution is 9.10. The maximum Gasteiger partial charge on any atom is 0.0191 e. The summed E-state index contributed by atoms with van der Waals surface area (Å²) < 4.78 is 1.16. The van der Waals surface area contributed by atoms with Crippen LogP contribution in [0.15, 0.2) is 34.9 Å². The van der Waals surface area contributed by atoms with Gasteiger partial charge in [0, 0.05) is 22.8 Å². The molecule has 2 heteroatoms. The van der Waals surface area contributed by atoms with E-state index < -0.39 is 0 Å². The number of aromatic nitrogens is 1. The summed E-state index contributed by atoms with van der Waals surface area (Å²) in [6, 6.07) is 8.51. The number of benzene rings is 1. The topological polar surface area (TPSA) is 15.8 Å². The average molecular weight is 264 g/mol. The summed E-state index contributed by atoms with van der Waals surface area (Å²) >= 11 is 3.52. The van der Waals surface area contributed by atoms with Gasteiger partial charge in [0.2, 0.25) is 0 Å². The SMILES string of the molecule is Cc1cc(Br)cc(C)c1Cc1ccc[nH]1. The van der Waals surface area contributed by atoms with Crippen LogP contribution in [0.2, 0.25) is 0 Å². The lowest BCUT2D eigenvalue weighted by molar-refractivity contribution is 1.06. The minimum absolute atomic E-state index is 0.984. The molecular formula is C13H14BrN. The molecule has 2 aromatic rings. The Hall–Kier alpha value is -1.02. The van der Waals surface area contributed by atoms with Crippen molar-refractivity contribution in [1.29, 1.82) is 0 Å². The molecule has 0 aliphatic rings. The van der Waals surface area contributed by atoms with Crippen molar-refractivity contribution >= 4 is 15.9 Å². The minimum atomic E-state index is 0.984. The Bertz CT molecular complexity index is 434. The van der Waals surface area contributed by atoms with E-state index in [9.17, 15) is 0 Å². The van der Waals surface area contributed by atoms with Crippen molar-refractivity contribution in [3.05, 3.63) is 57.3 Å². The fourth-order valence-electron chi connectivity index (χ4n) is 1.89. The van der Waals surface area contributed by atoms with E-state index in [2.05, 4.69) is 53.0 Å². The van der Waals surface area contributed by atoms with Gasteiger partial charge in [-0.05, 0) is 54.8 Å². The number of halogens is 1. The first kappa shape index (κ1) is 10.5. The third-order valence-electron chi connectivity index (χ3n) is 2.69. The third-order valence-corrected chi connectivity index (χ3v) is 3.15. The van der Waals surface area contributed by atoms with E-state index in [0.717, 1.165) is 10.9 Å². The van der Waals surface area contributed by atoms with Gasteiger partial charge in [-0.2, -0.15) is 0 Å². The van der Waals surface area contributed by atoms with Crippen LogP contribution in [0.5, 0.6) is 0 Å².